The number of benzene rings is 4. The van der Waals surface area contributed by atoms with E-state index in [9.17, 15) is 9.59 Å². The summed E-state index contributed by atoms with van der Waals surface area (Å²) < 4.78 is 15.4. The Kier molecular flexibility index (Phi) is 47.4. The van der Waals surface area contributed by atoms with Gasteiger partial charge < -0.3 is 40.8 Å². The number of azo groups is 2. The summed E-state index contributed by atoms with van der Waals surface area (Å²) in [4.78, 5) is 32.7. The first-order chi connectivity index (χ1) is 27.8. The number of nitrogens with zero attached hydrogens (tertiary/aromatic N) is 4. The van der Waals surface area contributed by atoms with Gasteiger partial charge in [-0.15, -0.1) is 11.6 Å². The zero-order valence-corrected chi connectivity index (χ0v) is 49.0. The molecular formula is C43H53ClCs2N4O9P-. The summed E-state index contributed by atoms with van der Waals surface area (Å²) in [5.74, 6) is 1.07. The molecule has 0 aliphatic heterocycles. The van der Waals surface area contributed by atoms with Gasteiger partial charge in [0.25, 0.3) is 6.47 Å². The molecule has 0 unspecified atom stereocenters. The van der Waals surface area contributed by atoms with Crippen molar-refractivity contribution >= 4 is 62.7 Å². The molecule has 0 aliphatic carbocycles. The molecule has 0 atom stereocenters. The third-order valence-electron chi connectivity index (χ3n) is 6.96. The third kappa shape index (κ3) is 37.0. The van der Waals surface area contributed by atoms with Gasteiger partial charge in [-0.05, 0) is 111 Å². The second-order valence-electron chi connectivity index (χ2n) is 11.4. The van der Waals surface area contributed by atoms with E-state index in [1.54, 1.807) is 24.3 Å². The summed E-state index contributed by atoms with van der Waals surface area (Å²) in [6, 6.07) is 33.3. The van der Waals surface area contributed by atoms with Gasteiger partial charge in [0, 0.05) is 18.0 Å². The van der Waals surface area contributed by atoms with Crippen LogP contribution in [-0.4, -0.2) is 49.2 Å². The van der Waals surface area contributed by atoms with Crippen LogP contribution in [0.25, 0.3) is 0 Å². The Hall–Kier alpha value is -1.65. The smallest absolute Gasteiger partial charge is 1.00 e. The number of alkyl halides is 1. The van der Waals surface area contributed by atoms with Crippen LogP contribution in [-0.2, 0) is 28.7 Å². The summed E-state index contributed by atoms with van der Waals surface area (Å²) >= 11 is 5.49. The van der Waals surface area contributed by atoms with E-state index in [0.717, 1.165) is 79.9 Å². The number of unbranched alkanes of at least 4 members (excludes halogenated alkanes) is 6. The Morgan fingerprint density at radius 3 is 1.32 bits per heavy atom. The fourth-order valence-corrected chi connectivity index (χ4v) is 4.30. The number of rotatable bonds is 21. The van der Waals surface area contributed by atoms with Crippen molar-refractivity contribution in [3.05, 3.63) is 135 Å². The molecule has 0 aliphatic rings. The number of aromatic hydroxyl groups is 1. The number of carbonyl (C=O) groups excluding carboxylic acids is 3. The average molecular weight is 1100 g/mol. The van der Waals surface area contributed by atoms with Crippen molar-refractivity contribution in [2.45, 2.75) is 51.4 Å². The molecule has 314 valence electrons. The fraction of sp³-hybridized carbons (Fsp3) is 0.279. The standard InChI is InChI=1S/C21H24N2O3.C12H10N2O.C9H15ClO2.CH2O3.2Cs.H2P.H/c1-2-21(24)26-17-9-4-3-8-16-25-20-14-12-19(13-15-20)23-22-18-10-6-5-7-11-18;15-12-8-6-11(7-9-12)14-13-10-4-2-1-3-5-10;1-2-9(11)12-8-6-4-3-5-7-10;2-1-4-3;;;;/h2,5-7,10-15H,1,3-4,8-9,16-17H2;1-9,15H;2H,1,3-8H2;1,3H;;;1H2;/q;;;;2*+1;2*-1/p-1. The number of ether oxygens (including phenoxy) is 3. The first-order valence-electron chi connectivity index (χ1n) is 18.2. The predicted octanol–water partition coefficient (Wildman–Crippen LogP) is 4.97. The number of carbonyl (C=O) groups is 3. The molecular weight excluding hydrogens is 1050 g/mol. The van der Waals surface area contributed by atoms with Gasteiger partial charge in [-0.2, -0.15) is 20.5 Å². The zero-order chi connectivity index (χ0) is 41.6. The molecule has 0 spiro atoms. The van der Waals surface area contributed by atoms with Gasteiger partial charge in [-0.3, -0.25) is 4.79 Å². The summed E-state index contributed by atoms with van der Waals surface area (Å²) in [5.41, 5.74) is 3.14. The minimum Gasteiger partial charge on any atom is -1.00 e. The number of esters is 2. The second-order valence-corrected chi connectivity index (χ2v) is 11.8. The van der Waals surface area contributed by atoms with E-state index in [4.69, 9.17) is 41.0 Å². The number of hydrogen-bond donors (Lipinski definition) is 1. The van der Waals surface area contributed by atoms with Crippen LogP contribution in [0, 0.1) is 0 Å². The van der Waals surface area contributed by atoms with Crippen LogP contribution >= 0.6 is 21.5 Å². The third-order valence-corrected chi connectivity index (χ3v) is 7.22. The molecule has 4 aromatic carbocycles. The van der Waals surface area contributed by atoms with E-state index in [1.807, 2.05) is 84.9 Å². The second kappa shape index (κ2) is 45.4. The minimum atomic E-state index is -0.361. The summed E-state index contributed by atoms with van der Waals surface area (Å²) in [5, 5.41) is 34.0. The average Bonchev–Trinajstić information content (AvgIpc) is 3.26. The number of halogens is 1. The quantitative estimate of drug-likeness (QED) is 0.0139. The minimum absolute atomic E-state index is 0. The van der Waals surface area contributed by atoms with E-state index in [0.29, 0.717) is 25.7 Å². The summed E-state index contributed by atoms with van der Waals surface area (Å²) in [6.45, 7) is 8.08. The van der Waals surface area contributed by atoms with Gasteiger partial charge in [0.2, 0.25) is 0 Å². The molecule has 0 radical (unpaired) electrons. The Labute approximate surface area is 481 Å². The molecule has 0 aromatic heterocycles. The van der Waals surface area contributed by atoms with E-state index < -0.39 is 0 Å². The van der Waals surface area contributed by atoms with Gasteiger partial charge in [0.15, 0.2) is 0 Å². The van der Waals surface area contributed by atoms with Gasteiger partial charge in [-0.1, -0.05) is 62.4 Å². The maximum Gasteiger partial charge on any atom is 1.00 e. The van der Waals surface area contributed by atoms with Crippen molar-refractivity contribution in [2.24, 2.45) is 20.5 Å². The zero-order valence-electron chi connectivity index (χ0n) is 35.5. The van der Waals surface area contributed by atoms with E-state index >= 15 is 0 Å². The molecule has 0 amide bonds. The molecule has 0 heterocycles. The largest absolute Gasteiger partial charge is 1.00 e. The van der Waals surface area contributed by atoms with Crippen LogP contribution < -0.4 is 148 Å². The van der Waals surface area contributed by atoms with Gasteiger partial charge in [-0.25, -0.2) is 9.59 Å². The fourth-order valence-electron chi connectivity index (χ4n) is 4.11. The van der Waals surface area contributed by atoms with Crippen LogP contribution in [0.3, 0.4) is 0 Å². The molecule has 60 heavy (non-hydrogen) atoms. The van der Waals surface area contributed by atoms with Crippen LogP contribution in [0.1, 0.15) is 52.8 Å². The predicted molar refractivity (Wildman–Crippen MR) is 229 cm³/mol. The van der Waals surface area contributed by atoms with Crippen molar-refractivity contribution < 1.29 is 183 Å². The van der Waals surface area contributed by atoms with Gasteiger partial charge in [0.1, 0.15) is 11.5 Å². The van der Waals surface area contributed by atoms with Crippen LogP contribution in [0.4, 0.5) is 22.7 Å². The first kappa shape index (κ1) is 62.6. The topological polar surface area (TPSA) is 181 Å². The molecule has 4 rings (SSSR count). The van der Waals surface area contributed by atoms with Crippen molar-refractivity contribution in [1.29, 1.82) is 0 Å². The summed E-state index contributed by atoms with van der Waals surface area (Å²) in [7, 11) is 0. The summed E-state index contributed by atoms with van der Waals surface area (Å²) in [6.07, 6.45) is 10.4. The molecule has 0 saturated carbocycles. The van der Waals surface area contributed by atoms with Crippen molar-refractivity contribution in [3.8, 4) is 11.5 Å². The van der Waals surface area contributed by atoms with Gasteiger partial charge >= 0.3 is 150 Å². The monoisotopic (exact) mass is 1100 g/mol. The van der Waals surface area contributed by atoms with E-state index in [1.165, 1.54) is 12.2 Å². The van der Waals surface area contributed by atoms with E-state index in [2.05, 4.69) is 38.5 Å². The Bertz CT molecular complexity index is 1740. The number of phenols is 1. The molecule has 4 aromatic rings. The van der Waals surface area contributed by atoms with Crippen LogP contribution in [0.2, 0.25) is 0 Å². The Balaban J connectivity index is -0.000000398. The van der Waals surface area contributed by atoms with Gasteiger partial charge in [0.05, 0.1) is 42.6 Å². The van der Waals surface area contributed by atoms with Crippen LogP contribution in [0.5, 0.6) is 11.5 Å². The maximum atomic E-state index is 10.9. The van der Waals surface area contributed by atoms with Crippen molar-refractivity contribution in [1.82, 2.24) is 0 Å². The molecule has 0 fully saturated rings. The van der Waals surface area contributed by atoms with Crippen LogP contribution in [0.15, 0.2) is 155 Å². The van der Waals surface area contributed by atoms with Crippen molar-refractivity contribution in [3.63, 3.8) is 0 Å². The Morgan fingerprint density at radius 2 is 0.950 bits per heavy atom. The molecule has 1 N–H and O–H groups in total. The molecule has 0 bridgehead atoms. The molecule has 17 heteroatoms. The Morgan fingerprint density at radius 1 is 0.600 bits per heavy atom. The molecule has 13 nitrogen and oxygen atoms in total. The maximum absolute atomic E-state index is 10.9. The number of hydrogen-bond acceptors (Lipinski definition) is 13. The van der Waals surface area contributed by atoms with Crippen molar-refractivity contribution in [2.75, 3.05) is 25.7 Å². The normalized spacial score (nSPS) is 9.50. The first-order valence-corrected chi connectivity index (χ1v) is 18.7. The van der Waals surface area contributed by atoms with E-state index in [-0.39, 0.29) is 173 Å². The number of phenolic OH excluding ortho intramolecular Hbond substituents is 1. The molecule has 0 saturated heterocycles. The SMILES string of the molecule is C=CC(=O)OCCCCCCCl.C=CC(=O)OCCCCCCOc1ccc(N=Nc2ccccc2)cc1.O=CO[O-].Oc1ccc(N=Nc2ccccc2)cc1.[Cs+].[Cs+].[H-].[PH2-].